The van der Waals surface area contributed by atoms with Crippen LogP contribution in [0.1, 0.15) is 11.3 Å². The molecule has 1 aliphatic rings. The third kappa shape index (κ3) is 1.83. The minimum absolute atomic E-state index is 0.0872. The van der Waals surface area contributed by atoms with Crippen LogP contribution in [-0.2, 0) is 13.0 Å². The predicted octanol–water partition coefficient (Wildman–Crippen LogP) is -0.127. The van der Waals surface area contributed by atoms with Crippen LogP contribution >= 0.6 is 0 Å². The number of nitrogens with one attached hydrogen (secondary N) is 2. The van der Waals surface area contributed by atoms with Crippen LogP contribution in [0.4, 0.5) is 0 Å². The lowest BCUT2D eigenvalue weighted by molar-refractivity contribution is 0.621. The molecule has 1 aliphatic heterocycles. The van der Waals surface area contributed by atoms with Crippen LogP contribution in [0.2, 0.25) is 0 Å². The Balaban J connectivity index is 2.14. The molecule has 0 atom stereocenters. The lowest BCUT2D eigenvalue weighted by atomic mass is 10.1. The molecule has 0 bridgehead atoms. The Morgan fingerprint density at radius 3 is 3.12 bits per heavy atom. The minimum atomic E-state index is -0.0872. The molecule has 0 amide bonds. The molecule has 0 unspecified atom stereocenters. The quantitative estimate of drug-likeness (QED) is 0.711. The second kappa shape index (κ2) is 4.06. The molecule has 0 aromatic carbocycles. The highest BCUT2D eigenvalue weighted by Gasteiger charge is 2.15. The molecule has 0 radical (unpaired) electrons. The van der Waals surface area contributed by atoms with Gasteiger partial charge in [-0.1, -0.05) is 0 Å². The first-order chi connectivity index (χ1) is 8.34. The van der Waals surface area contributed by atoms with Gasteiger partial charge >= 0.3 is 0 Å². The summed E-state index contributed by atoms with van der Waals surface area (Å²) in [6.07, 6.45) is 3.84. The van der Waals surface area contributed by atoms with E-state index < -0.39 is 0 Å². The second-order valence-corrected chi connectivity index (χ2v) is 3.86. The first-order valence-corrected chi connectivity index (χ1v) is 5.44. The Morgan fingerprint density at radius 2 is 2.29 bits per heavy atom. The number of nitrogens with zero attached hydrogens (tertiary/aromatic N) is 3. The Kier molecular flexibility index (Phi) is 2.41. The summed E-state index contributed by atoms with van der Waals surface area (Å²) >= 11 is 0. The maximum absolute atomic E-state index is 11.9. The zero-order valence-electron chi connectivity index (χ0n) is 9.10. The van der Waals surface area contributed by atoms with Crippen molar-refractivity contribution >= 4 is 0 Å². The fraction of sp³-hybridized carbons (Fsp3) is 0.273. The topological polar surface area (TPSA) is 83.6 Å². The molecule has 6 nitrogen and oxygen atoms in total. The summed E-state index contributed by atoms with van der Waals surface area (Å²) in [4.78, 5) is 27.0. The van der Waals surface area contributed by atoms with E-state index in [9.17, 15) is 4.79 Å². The van der Waals surface area contributed by atoms with Crippen molar-refractivity contribution in [2.24, 2.45) is 0 Å². The molecular weight excluding hydrogens is 218 g/mol. The van der Waals surface area contributed by atoms with Gasteiger partial charge in [0.15, 0.2) is 5.82 Å². The summed E-state index contributed by atoms with van der Waals surface area (Å²) in [5.74, 6) is 0.512. The molecule has 86 valence electrons. The van der Waals surface area contributed by atoms with Gasteiger partial charge in [-0.3, -0.25) is 4.79 Å². The van der Waals surface area contributed by atoms with Gasteiger partial charge in [-0.25, -0.2) is 15.0 Å². The summed E-state index contributed by atoms with van der Waals surface area (Å²) < 4.78 is 0. The molecule has 2 N–H and O–H groups in total. The predicted molar refractivity (Wildman–Crippen MR) is 61.3 cm³/mol. The van der Waals surface area contributed by atoms with Crippen molar-refractivity contribution in [2.45, 2.75) is 13.0 Å². The molecule has 0 fully saturated rings. The monoisotopic (exact) mass is 229 g/mol. The molecule has 17 heavy (non-hydrogen) atoms. The Labute approximate surface area is 97.2 Å². The maximum atomic E-state index is 11.9. The van der Waals surface area contributed by atoms with Gasteiger partial charge in [0.05, 0.1) is 11.3 Å². The Hall–Kier alpha value is -2.08. The van der Waals surface area contributed by atoms with Crippen molar-refractivity contribution in [3.63, 3.8) is 0 Å². The van der Waals surface area contributed by atoms with Crippen molar-refractivity contribution in [1.82, 2.24) is 25.3 Å². The van der Waals surface area contributed by atoms with Crippen LogP contribution in [0.25, 0.3) is 11.5 Å². The number of aromatic nitrogens is 4. The number of rotatable bonds is 1. The van der Waals surface area contributed by atoms with Crippen molar-refractivity contribution < 1.29 is 0 Å². The molecule has 3 rings (SSSR count). The van der Waals surface area contributed by atoms with Crippen molar-refractivity contribution in [2.75, 3.05) is 6.54 Å². The first-order valence-electron chi connectivity index (χ1n) is 5.44. The van der Waals surface area contributed by atoms with Gasteiger partial charge < -0.3 is 10.3 Å². The number of hydrogen-bond acceptors (Lipinski definition) is 5. The molecule has 2 aromatic heterocycles. The Bertz CT molecular complexity index is 593. The van der Waals surface area contributed by atoms with Crippen molar-refractivity contribution in [3.05, 3.63) is 40.2 Å². The number of aromatic amines is 1. The molecule has 0 aliphatic carbocycles. The van der Waals surface area contributed by atoms with Gasteiger partial charge in [-0.2, -0.15) is 0 Å². The van der Waals surface area contributed by atoms with Gasteiger partial charge in [0.25, 0.3) is 5.56 Å². The molecule has 0 saturated carbocycles. The first kappa shape index (κ1) is 10.1. The summed E-state index contributed by atoms with van der Waals surface area (Å²) in [7, 11) is 0. The van der Waals surface area contributed by atoms with E-state index in [2.05, 4.69) is 25.3 Å². The van der Waals surface area contributed by atoms with E-state index in [1.165, 1.54) is 6.33 Å². The zero-order valence-corrected chi connectivity index (χ0v) is 9.10. The average Bonchev–Trinajstić information content (AvgIpc) is 2.40. The fourth-order valence-electron chi connectivity index (χ4n) is 1.91. The van der Waals surface area contributed by atoms with E-state index in [0.717, 1.165) is 24.2 Å². The highest BCUT2D eigenvalue weighted by Crippen LogP contribution is 2.12. The Morgan fingerprint density at radius 1 is 1.35 bits per heavy atom. The summed E-state index contributed by atoms with van der Waals surface area (Å²) in [5.41, 5.74) is 2.14. The normalized spacial score (nSPS) is 14.4. The van der Waals surface area contributed by atoms with E-state index in [1.807, 2.05) is 0 Å². The third-order valence-electron chi connectivity index (χ3n) is 2.77. The van der Waals surface area contributed by atoms with Crippen molar-refractivity contribution in [3.8, 4) is 11.5 Å². The fourth-order valence-corrected chi connectivity index (χ4v) is 1.91. The molecule has 6 heteroatoms. The third-order valence-corrected chi connectivity index (χ3v) is 2.77. The largest absolute Gasteiger partial charge is 0.312 e. The van der Waals surface area contributed by atoms with Gasteiger partial charge in [0.1, 0.15) is 12.0 Å². The van der Waals surface area contributed by atoms with E-state index in [4.69, 9.17) is 0 Å². The van der Waals surface area contributed by atoms with E-state index in [1.54, 1.807) is 12.3 Å². The highest BCUT2D eigenvalue weighted by molar-refractivity contribution is 5.48. The van der Waals surface area contributed by atoms with Crippen LogP contribution in [0, 0.1) is 0 Å². The number of hydrogen-bond donors (Lipinski definition) is 2. The van der Waals surface area contributed by atoms with Crippen LogP contribution in [-0.4, -0.2) is 26.5 Å². The lowest BCUT2D eigenvalue weighted by Gasteiger charge is -2.15. The van der Waals surface area contributed by atoms with E-state index in [0.29, 0.717) is 18.1 Å². The van der Waals surface area contributed by atoms with Gasteiger partial charge in [0, 0.05) is 25.7 Å². The maximum Gasteiger partial charge on any atom is 0.255 e. The average molecular weight is 229 g/mol. The highest BCUT2D eigenvalue weighted by atomic mass is 16.1. The summed E-state index contributed by atoms with van der Waals surface area (Å²) in [6, 6.07) is 1.73. The molecule has 3 heterocycles. The molecule has 0 spiro atoms. The lowest BCUT2D eigenvalue weighted by Crippen LogP contribution is -2.31. The van der Waals surface area contributed by atoms with Gasteiger partial charge in [0.2, 0.25) is 0 Å². The summed E-state index contributed by atoms with van der Waals surface area (Å²) in [5, 5.41) is 3.16. The minimum Gasteiger partial charge on any atom is -0.312 e. The molecular formula is C11H11N5O. The number of fused-ring (bicyclic) bond motifs is 1. The van der Waals surface area contributed by atoms with Gasteiger partial charge in [-0.15, -0.1) is 0 Å². The zero-order chi connectivity index (χ0) is 11.7. The van der Waals surface area contributed by atoms with E-state index >= 15 is 0 Å². The number of H-pyrrole nitrogens is 1. The van der Waals surface area contributed by atoms with Crippen LogP contribution in [0.5, 0.6) is 0 Å². The molecule has 0 saturated heterocycles. The van der Waals surface area contributed by atoms with Crippen LogP contribution in [0.15, 0.2) is 23.4 Å². The van der Waals surface area contributed by atoms with Crippen molar-refractivity contribution in [1.29, 1.82) is 0 Å². The smallest absolute Gasteiger partial charge is 0.255 e. The van der Waals surface area contributed by atoms with Crippen LogP contribution < -0.4 is 10.9 Å². The summed E-state index contributed by atoms with van der Waals surface area (Å²) in [6.45, 7) is 1.44. The van der Waals surface area contributed by atoms with Crippen LogP contribution in [0.3, 0.4) is 0 Å². The SMILES string of the molecule is O=c1[nH]c(-c2ccncn2)nc2c1CNCC2. The molecule has 2 aromatic rings. The second-order valence-electron chi connectivity index (χ2n) is 3.86. The van der Waals surface area contributed by atoms with E-state index in [-0.39, 0.29) is 5.56 Å². The van der Waals surface area contributed by atoms with Gasteiger partial charge in [-0.05, 0) is 6.07 Å². The standard InChI is InChI=1S/C11H11N5O/c17-11-7-5-12-3-1-8(7)15-10(16-11)9-2-4-13-6-14-9/h2,4,6,12H,1,3,5H2,(H,15,16,17).